The number of hydrogen-bond donors (Lipinski definition) is 0. The van der Waals surface area contributed by atoms with Crippen LogP contribution < -0.4 is 0 Å². The maximum absolute atomic E-state index is 10.7. The Labute approximate surface area is 119 Å². The van der Waals surface area contributed by atoms with Gasteiger partial charge in [-0.15, -0.1) is 0 Å². The zero-order valence-electron chi connectivity index (χ0n) is 13.3. The van der Waals surface area contributed by atoms with Crippen LogP contribution in [0.2, 0.25) is 0 Å². The summed E-state index contributed by atoms with van der Waals surface area (Å²) < 4.78 is 0. The molecule has 19 heavy (non-hydrogen) atoms. The average Bonchev–Trinajstić information content (AvgIpc) is 2.39. The van der Waals surface area contributed by atoms with Crippen LogP contribution in [0.15, 0.2) is 30.3 Å². The van der Waals surface area contributed by atoms with Crippen LogP contribution >= 0.6 is 0 Å². The van der Waals surface area contributed by atoms with Crippen LogP contribution in [-0.2, 0) is 10.2 Å². The number of unbranched alkanes of at least 4 members (excludes halogenated alkanes) is 2. The first kappa shape index (κ1) is 17.9. The molecular formula is C18H30O. The molecule has 108 valence electrons. The Bertz CT molecular complexity index is 332. The summed E-state index contributed by atoms with van der Waals surface area (Å²) in [4.78, 5) is 10.7. The van der Waals surface area contributed by atoms with Crippen molar-refractivity contribution >= 4 is 5.78 Å². The lowest BCUT2D eigenvalue weighted by Gasteiger charge is -2.18. The normalized spacial score (nSPS) is 10.6. The third-order valence-electron chi connectivity index (χ3n) is 3.09. The van der Waals surface area contributed by atoms with Crippen molar-refractivity contribution in [2.24, 2.45) is 0 Å². The minimum atomic E-state index is 0.293. The molecule has 0 heterocycles. The van der Waals surface area contributed by atoms with Crippen molar-refractivity contribution in [3.63, 3.8) is 0 Å². The lowest BCUT2D eigenvalue weighted by Crippen LogP contribution is -2.10. The summed E-state index contributed by atoms with van der Waals surface area (Å²) in [5.41, 5.74) is 1.69. The van der Waals surface area contributed by atoms with E-state index in [1.165, 1.54) is 18.4 Å². The molecule has 0 amide bonds. The first-order valence-corrected chi connectivity index (χ1v) is 7.49. The number of Topliss-reactive ketones (excluding diaryl/α,β-unsaturated/α-hetero) is 1. The molecule has 0 aliphatic carbocycles. The van der Waals surface area contributed by atoms with Gasteiger partial charge in [-0.2, -0.15) is 0 Å². The number of benzene rings is 1. The number of carbonyl (C=O) groups excluding carboxylic acids is 1. The Hall–Kier alpha value is -1.11. The van der Waals surface area contributed by atoms with Crippen LogP contribution in [0, 0.1) is 0 Å². The molecule has 1 aromatic carbocycles. The van der Waals surface area contributed by atoms with Gasteiger partial charge in [0.2, 0.25) is 0 Å². The van der Waals surface area contributed by atoms with Crippen molar-refractivity contribution in [2.75, 3.05) is 0 Å². The number of ketones is 1. The molecule has 0 N–H and O–H groups in total. The molecule has 0 saturated carbocycles. The molecule has 1 nitrogen and oxygen atoms in total. The molecule has 0 unspecified atom stereocenters. The molecule has 0 atom stereocenters. The van der Waals surface area contributed by atoms with Crippen molar-refractivity contribution in [3.8, 4) is 0 Å². The molecular weight excluding hydrogens is 232 g/mol. The van der Waals surface area contributed by atoms with Crippen LogP contribution in [0.5, 0.6) is 0 Å². The van der Waals surface area contributed by atoms with Crippen molar-refractivity contribution in [2.45, 2.75) is 72.1 Å². The summed E-state index contributed by atoms with van der Waals surface area (Å²) in [6.45, 7) is 10.7. The summed E-state index contributed by atoms with van der Waals surface area (Å²) in [5, 5.41) is 0. The lowest BCUT2D eigenvalue weighted by atomic mass is 9.87. The molecule has 1 aromatic rings. The monoisotopic (exact) mass is 262 g/mol. The summed E-state index contributed by atoms with van der Waals surface area (Å²) in [7, 11) is 0. The summed E-state index contributed by atoms with van der Waals surface area (Å²) in [6.07, 6.45) is 5.00. The van der Waals surface area contributed by atoms with E-state index < -0.39 is 0 Å². The van der Waals surface area contributed by atoms with Gasteiger partial charge in [0.15, 0.2) is 0 Å². The molecule has 0 fully saturated rings. The van der Waals surface area contributed by atoms with Crippen LogP contribution in [0.4, 0.5) is 0 Å². The summed E-state index contributed by atoms with van der Waals surface area (Å²) >= 11 is 0. The van der Waals surface area contributed by atoms with E-state index in [4.69, 9.17) is 0 Å². The van der Waals surface area contributed by atoms with Gasteiger partial charge in [0.1, 0.15) is 5.78 Å². The first-order valence-electron chi connectivity index (χ1n) is 7.49. The van der Waals surface area contributed by atoms with E-state index in [0.29, 0.717) is 17.6 Å². The molecule has 0 aliphatic rings. The largest absolute Gasteiger partial charge is 0.300 e. The predicted molar refractivity (Wildman–Crippen MR) is 84.6 cm³/mol. The van der Waals surface area contributed by atoms with Crippen LogP contribution in [0.25, 0.3) is 0 Å². The van der Waals surface area contributed by atoms with Gasteiger partial charge in [-0.25, -0.2) is 0 Å². The van der Waals surface area contributed by atoms with Gasteiger partial charge in [-0.05, 0) is 17.4 Å². The molecule has 0 bridgehead atoms. The molecule has 0 saturated heterocycles. The van der Waals surface area contributed by atoms with Crippen LogP contribution in [0.1, 0.15) is 72.3 Å². The molecule has 0 radical (unpaired) electrons. The van der Waals surface area contributed by atoms with Gasteiger partial charge in [-0.3, -0.25) is 4.79 Å². The average molecular weight is 262 g/mol. The standard InChI is InChI=1S/C10H14.C8H16O/c1-10(2,3)9-7-5-4-6-8-9;1-3-5-6-7-8(9)4-2/h4-8H,1-3H3;3-7H2,1-2H3. The minimum absolute atomic E-state index is 0.293. The third-order valence-corrected chi connectivity index (χ3v) is 3.09. The highest BCUT2D eigenvalue weighted by atomic mass is 16.1. The van der Waals surface area contributed by atoms with E-state index in [2.05, 4.69) is 58.0 Å². The second-order valence-corrected chi connectivity index (χ2v) is 5.97. The Balaban J connectivity index is 0.000000344. The predicted octanol–water partition coefficient (Wildman–Crippen LogP) is 5.53. The fraction of sp³-hybridized carbons (Fsp3) is 0.611. The molecule has 1 heteroatoms. The van der Waals surface area contributed by atoms with Gasteiger partial charge in [0, 0.05) is 12.8 Å². The van der Waals surface area contributed by atoms with Crippen LogP contribution in [-0.4, -0.2) is 5.78 Å². The third kappa shape index (κ3) is 9.47. The number of rotatable bonds is 5. The fourth-order valence-electron chi connectivity index (χ4n) is 1.69. The zero-order valence-corrected chi connectivity index (χ0v) is 13.3. The number of hydrogen-bond acceptors (Lipinski definition) is 1. The molecule has 1 rings (SSSR count). The zero-order chi connectivity index (χ0) is 14.7. The number of carbonyl (C=O) groups is 1. The van der Waals surface area contributed by atoms with Crippen molar-refractivity contribution in [1.82, 2.24) is 0 Å². The van der Waals surface area contributed by atoms with Crippen molar-refractivity contribution in [3.05, 3.63) is 35.9 Å². The highest BCUT2D eigenvalue weighted by molar-refractivity contribution is 5.77. The van der Waals surface area contributed by atoms with E-state index in [1.807, 2.05) is 6.92 Å². The quantitative estimate of drug-likeness (QED) is 0.638. The smallest absolute Gasteiger partial charge is 0.132 e. The molecule has 0 spiro atoms. The highest BCUT2D eigenvalue weighted by Gasteiger charge is 2.11. The summed E-state index contributed by atoms with van der Waals surface area (Å²) in [6, 6.07) is 10.6. The van der Waals surface area contributed by atoms with E-state index >= 15 is 0 Å². The van der Waals surface area contributed by atoms with Gasteiger partial charge in [-0.1, -0.05) is 77.8 Å². The Morgan fingerprint density at radius 1 is 1.00 bits per heavy atom. The van der Waals surface area contributed by atoms with Crippen molar-refractivity contribution in [1.29, 1.82) is 0 Å². The van der Waals surface area contributed by atoms with Crippen molar-refractivity contribution < 1.29 is 4.79 Å². The van der Waals surface area contributed by atoms with E-state index in [0.717, 1.165) is 12.8 Å². The van der Waals surface area contributed by atoms with Gasteiger partial charge in [0.25, 0.3) is 0 Å². The van der Waals surface area contributed by atoms with Crippen LogP contribution in [0.3, 0.4) is 0 Å². The topological polar surface area (TPSA) is 17.1 Å². The van der Waals surface area contributed by atoms with Gasteiger partial charge < -0.3 is 0 Å². The Morgan fingerprint density at radius 3 is 1.95 bits per heavy atom. The van der Waals surface area contributed by atoms with E-state index in [-0.39, 0.29) is 0 Å². The Morgan fingerprint density at radius 2 is 1.58 bits per heavy atom. The second kappa shape index (κ2) is 9.77. The molecule has 0 aromatic heterocycles. The Kier molecular flexibility index (Phi) is 9.20. The second-order valence-electron chi connectivity index (χ2n) is 5.97. The SMILES string of the molecule is CC(C)(C)c1ccccc1.CCCCCC(=O)CC. The van der Waals surface area contributed by atoms with E-state index in [9.17, 15) is 4.79 Å². The minimum Gasteiger partial charge on any atom is -0.300 e. The van der Waals surface area contributed by atoms with Gasteiger partial charge >= 0.3 is 0 Å². The first-order chi connectivity index (χ1) is 8.91. The fourth-order valence-corrected chi connectivity index (χ4v) is 1.69. The maximum atomic E-state index is 10.7. The van der Waals surface area contributed by atoms with Gasteiger partial charge in [0.05, 0.1) is 0 Å². The highest BCUT2D eigenvalue weighted by Crippen LogP contribution is 2.20. The molecule has 0 aliphatic heterocycles. The lowest BCUT2D eigenvalue weighted by molar-refractivity contribution is -0.118. The summed E-state index contributed by atoms with van der Waals surface area (Å²) in [5.74, 6) is 0.406. The van der Waals surface area contributed by atoms with E-state index in [1.54, 1.807) is 0 Å². The maximum Gasteiger partial charge on any atom is 0.132 e.